The third-order valence-corrected chi connectivity index (χ3v) is 4.78. The lowest BCUT2D eigenvalue weighted by Crippen LogP contribution is -2.20. The van der Waals surface area contributed by atoms with Crippen molar-refractivity contribution >= 4 is 29.0 Å². The van der Waals surface area contributed by atoms with Crippen LogP contribution in [0.4, 0.5) is 17.1 Å². The van der Waals surface area contributed by atoms with Crippen LogP contribution in [0.1, 0.15) is 19.3 Å². The summed E-state index contributed by atoms with van der Waals surface area (Å²) < 4.78 is 3.24. The van der Waals surface area contributed by atoms with Gasteiger partial charge in [0.15, 0.2) is 0 Å². The third kappa shape index (κ3) is 3.80. The van der Waals surface area contributed by atoms with Crippen LogP contribution in [-0.2, 0) is 0 Å². The Hall–Kier alpha value is -2.01. The molecule has 4 nitrogen and oxygen atoms in total. The highest BCUT2D eigenvalue weighted by Gasteiger charge is 2.17. The van der Waals surface area contributed by atoms with Gasteiger partial charge in [-0.25, -0.2) is 0 Å². The first-order chi connectivity index (χ1) is 10.8. The number of nitrogens with one attached hydrogen (secondary N) is 2. The van der Waals surface area contributed by atoms with Gasteiger partial charge in [-0.3, -0.25) is 0 Å². The van der Waals surface area contributed by atoms with E-state index >= 15 is 0 Å². The van der Waals surface area contributed by atoms with Crippen molar-refractivity contribution in [2.75, 3.05) is 16.6 Å². The number of rotatable bonds is 7. The van der Waals surface area contributed by atoms with Crippen molar-refractivity contribution < 1.29 is 0 Å². The summed E-state index contributed by atoms with van der Waals surface area (Å²) in [4.78, 5) is 12.2. The van der Waals surface area contributed by atoms with Crippen molar-refractivity contribution in [3.05, 3.63) is 53.4 Å². The predicted molar refractivity (Wildman–Crippen MR) is 93.6 cm³/mol. The van der Waals surface area contributed by atoms with Crippen LogP contribution in [0, 0.1) is 10.8 Å². The molecule has 0 aliphatic heterocycles. The number of benzene rings is 2. The van der Waals surface area contributed by atoms with Gasteiger partial charge < -0.3 is 10.0 Å². The van der Waals surface area contributed by atoms with Gasteiger partial charge >= 0.3 is 0 Å². The van der Waals surface area contributed by atoms with Gasteiger partial charge in [-0.05, 0) is 66.2 Å². The summed E-state index contributed by atoms with van der Waals surface area (Å²) in [6.45, 7) is 0.925. The molecular weight excluding hydrogens is 294 g/mol. The molecule has 0 atom stereocenters. The minimum absolute atomic E-state index is 0.456. The predicted octanol–water partition coefficient (Wildman–Crippen LogP) is 5.42. The lowest BCUT2D eigenvalue weighted by atomic mass is 9.85. The Bertz CT molecular complexity index is 629. The molecule has 2 aromatic rings. The van der Waals surface area contributed by atoms with Crippen LogP contribution < -0.4 is 10.0 Å². The van der Waals surface area contributed by atoms with Crippen molar-refractivity contribution in [2.24, 2.45) is 11.1 Å². The van der Waals surface area contributed by atoms with Gasteiger partial charge in [-0.2, -0.15) is 0 Å². The van der Waals surface area contributed by atoms with Gasteiger partial charge in [0.2, 0.25) is 0 Å². The molecule has 0 heterocycles. The van der Waals surface area contributed by atoms with Crippen LogP contribution in [0.3, 0.4) is 0 Å². The molecule has 0 saturated heterocycles. The molecule has 22 heavy (non-hydrogen) atoms. The SMILES string of the molecule is O=Nc1cc(NSc2ccccc2)ccc1NCC1CCC1. The van der Waals surface area contributed by atoms with E-state index in [-0.39, 0.29) is 0 Å². The van der Waals surface area contributed by atoms with Gasteiger partial charge in [0.25, 0.3) is 0 Å². The lowest BCUT2D eigenvalue weighted by Gasteiger charge is -2.26. The minimum atomic E-state index is 0.456. The van der Waals surface area contributed by atoms with E-state index in [2.05, 4.69) is 15.2 Å². The average Bonchev–Trinajstić information content (AvgIpc) is 2.53. The second-order valence-corrected chi connectivity index (χ2v) is 6.40. The summed E-state index contributed by atoms with van der Waals surface area (Å²) in [5, 5.41) is 6.48. The summed E-state index contributed by atoms with van der Waals surface area (Å²) in [6.07, 6.45) is 3.89. The van der Waals surface area contributed by atoms with Crippen LogP contribution in [0.5, 0.6) is 0 Å². The molecular formula is C17H19N3OS. The topological polar surface area (TPSA) is 53.5 Å². The third-order valence-electron chi connectivity index (χ3n) is 3.93. The molecule has 2 aromatic carbocycles. The van der Waals surface area contributed by atoms with E-state index < -0.39 is 0 Å². The van der Waals surface area contributed by atoms with Crippen LogP contribution in [0.2, 0.25) is 0 Å². The molecule has 0 unspecified atom stereocenters. The fourth-order valence-corrected chi connectivity index (χ4v) is 3.03. The maximum absolute atomic E-state index is 11.1. The Kier molecular flexibility index (Phi) is 4.96. The highest BCUT2D eigenvalue weighted by atomic mass is 32.2. The molecule has 1 saturated carbocycles. The zero-order chi connectivity index (χ0) is 15.2. The molecule has 3 rings (SSSR count). The first kappa shape index (κ1) is 14.9. The monoisotopic (exact) mass is 313 g/mol. The van der Waals surface area contributed by atoms with Crippen LogP contribution in [-0.4, -0.2) is 6.54 Å². The first-order valence-corrected chi connectivity index (χ1v) is 8.36. The molecule has 1 fully saturated rings. The van der Waals surface area contributed by atoms with Crippen LogP contribution in [0.25, 0.3) is 0 Å². The van der Waals surface area contributed by atoms with Gasteiger partial charge in [-0.15, -0.1) is 4.91 Å². The Morgan fingerprint density at radius 3 is 2.64 bits per heavy atom. The standard InChI is InChI=1S/C17H19N3OS/c21-19-17-11-14(20-22-15-7-2-1-3-8-15)9-10-16(17)18-12-13-5-4-6-13/h1-3,7-11,13,18,20H,4-6,12H2. The van der Waals surface area contributed by atoms with Crippen LogP contribution >= 0.6 is 11.9 Å². The van der Waals surface area contributed by atoms with Gasteiger partial charge in [0, 0.05) is 17.1 Å². The highest BCUT2D eigenvalue weighted by molar-refractivity contribution is 8.00. The lowest BCUT2D eigenvalue weighted by molar-refractivity contribution is 0.333. The quantitative estimate of drug-likeness (QED) is 0.529. The number of nitroso groups, excluding NO2 is 1. The first-order valence-electron chi connectivity index (χ1n) is 7.54. The van der Waals surface area contributed by atoms with E-state index in [9.17, 15) is 4.91 Å². The zero-order valence-corrected chi connectivity index (χ0v) is 13.1. The normalized spacial score (nSPS) is 14.2. The summed E-state index contributed by atoms with van der Waals surface area (Å²) in [6, 6.07) is 15.7. The fraction of sp³-hybridized carbons (Fsp3) is 0.294. The fourth-order valence-electron chi connectivity index (χ4n) is 2.38. The Morgan fingerprint density at radius 1 is 1.14 bits per heavy atom. The van der Waals surface area contributed by atoms with E-state index in [1.807, 2.05) is 42.5 Å². The summed E-state index contributed by atoms with van der Waals surface area (Å²) in [5.74, 6) is 0.742. The van der Waals surface area contributed by atoms with E-state index in [0.717, 1.165) is 28.7 Å². The van der Waals surface area contributed by atoms with Crippen molar-refractivity contribution in [1.29, 1.82) is 0 Å². The highest BCUT2D eigenvalue weighted by Crippen LogP contribution is 2.32. The van der Waals surface area contributed by atoms with E-state index in [1.165, 1.54) is 31.2 Å². The maximum atomic E-state index is 11.1. The van der Waals surface area contributed by atoms with Crippen molar-refractivity contribution in [3.8, 4) is 0 Å². The number of anilines is 2. The van der Waals surface area contributed by atoms with E-state index in [0.29, 0.717) is 5.69 Å². The Labute approximate surface area is 134 Å². The number of hydrogen-bond donors (Lipinski definition) is 2. The van der Waals surface area contributed by atoms with Crippen molar-refractivity contribution in [2.45, 2.75) is 24.2 Å². The van der Waals surface area contributed by atoms with Gasteiger partial charge in [0.05, 0.1) is 5.69 Å². The smallest absolute Gasteiger partial charge is 0.133 e. The second kappa shape index (κ2) is 7.31. The Balaban J connectivity index is 1.61. The zero-order valence-electron chi connectivity index (χ0n) is 12.3. The molecule has 114 valence electrons. The minimum Gasteiger partial charge on any atom is -0.383 e. The Morgan fingerprint density at radius 2 is 1.95 bits per heavy atom. The number of nitrogens with zero attached hydrogens (tertiary/aromatic N) is 1. The molecule has 0 spiro atoms. The molecule has 5 heteroatoms. The molecule has 1 aliphatic carbocycles. The molecule has 0 radical (unpaired) electrons. The van der Waals surface area contributed by atoms with Crippen molar-refractivity contribution in [1.82, 2.24) is 0 Å². The molecule has 0 bridgehead atoms. The largest absolute Gasteiger partial charge is 0.383 e. The molecule has 2 N–H and O–H groups in total. The summed E-state index contributed by atoms with van der Waals surface area (Å²) >= 11 is 1.52. The van der Waals surface area contributed by atoms with Crippen molar-refractivity contribution in [3.63, 3.8) is 0 Å². The number of hydrogen-bond acceptors (Lipinski definition) is 5. The molecule has 0 amide bonds. The van der Waals surface area contributed by atoms with E-state index in [1.54, 1.807) is 6.07 Å². The average molecular weight is 313 g/mol. The molecule has 1 aliphatic rings. The summed E-state index contributed by atoms with van der Waals surface area (Å²) in [5.41, 5.74) is 2.15. The van der Waals surface area contributed by atoms with Gasteiger partial charge in [0.1, 0.15) is 5.69 Å². The maximum Gasteiger partial charge on any atom is 0.133 e. The second-order valence-electron chi connectivity index (χ2n) is 5.52. The molecule has 0 aromatic heterocycles. The van der Waals surface area contributed by atoms with Crippen LogP contribution in [0.15, 0.2) is 58.6 Å². The van der Waals surface area contributed by atoms with E-state index in [4.69, 9.17) is 0 Å². The summed E-state index contributed by atoms with van der Waals surface area (Å²) in [7, 11) is 0. The van der Waals surface area contributed by atoms with Gasteiger partial charge in [-0.1, -0.05) is 24.6 Å².